The molecular formula is C23H23Cl2N3O4. The topological polar surface area (TPSA) is 95.7 Å². The first-order chi connectivity index (χ1) is 15.4. The second kappa shape index (κ2) is 7.99. The Balaban J connectivity index is 1.80. The van der Waals surface area contributed by atoms with E-state index in [9.17, 15) is 20.0 Å². The van der Waals surface area contributed by atoms with Crippen molar-refractivity contribution in [1.29, 1.82) is 0 Å². The van der Waals surface area contributed by atoms with Gasteiger partial charge in [0.2, 0.25) is 6.04 Å². The second-order valence-electron chi connectivity index (χ2n) is 8.89. The van der Waals surface area contributed by atoms with Gasteiger partial charge in [0.1, 0.15) is 5.54 Å². The molecule has 32 heavy (non-hydrogen) atoms. The van der Waals surface area contributed by atoms with E-state index in [1.165, 1.54) is 0 Å². The van der Waals surface area contributed by atoms with Gasteiger partial charge in [-0.25, -0.2) is 0 Å². The van der Waals surface area contributed by atoms with Gasteiger partial charge in [0.25, 0.3) is 5.91 Å². The normalized spacial score (nSPS) is 29.3. The first-order valence-electron chi connectivity index (χ1n) is 10.8. The fraction of sp³-hybridized carbons (Fsp3) is 0.435. The number of nitro groups is 1. The highest BCUT2D eigenvalue weighted by atomic mass is 35.5. The van der Waals surface area contributed by atoms with Crippen LogP contribution in [-0.2, 0) is 10.3 Å². The number of benzene rings is 2. The molecule has 2 N–H and O–H groups in total. The SMILES string of the molecule is O=C1Nc2cc(Cl)ccc2[C@@]12[C@@H](c1cccc(Cl)c1)[C@H]([N+](=O)[O-])[C@H](CCO)N2CC1CC1. The van der Waals surface area contributed by atoms with Gasteiger partial charge in [-0.2, -0.15) is 0 Å². The lowest BCUT2D eigenvalue weighted by Crippen LogP contribution is -2.52. The van der Waals surface area contributed by atoms with Gasteiger partial charge in [0.15, 0.2) is 0 Å². The van der Waals surface area contributed by atoms with E-state index in [4.69, 9.17) is 23.2 Å². The number of rotatable bonds is 6. The molecule has 0 bridgehead atoms. The molecule has 2 aromatic rings. The first-order valence-corrected chi connectivity index (χ1v) is 11.5. The molecule has 5 rings (SSSR count). The summed E-state index contributed by atoms with van der Waals surface area (Å²) in [5.74, 6) is -0.704. The van der Waals surface area contributed by atoms with Crippen molar-refractivity contribution in [1.82, 2.24) is 4.90 Å². The van der Waals surface area contributed by atoms with Crippen molar-refractivity contribution in [3.05, 3.63) is 73.8 Å². The van der Waals surface area contributed by atoms with Crippen LogP contribution in [0.25, 0.3) is 0 Å². The average molecular weight is 476 g/mol. The van der Waals surface area contributed by atoms with Gasteiger partial charge in [-0.05, 0) is 55.0 Å². The summed E-state index contributed by atoms with van der Waals surface area (Å²) in [6.07, 6.45) is 2.25. The Morgan fingerprint density at radius 1 is 1.19 bits per heavy atom. The molecule has 2 aliphatic heterocycles. The van der Waals surface area contributed by atoms with E-state index >= 15 is 0 Å². The lowest BCUT2D eigenvalue weighted by molar-refractivity contribution is -0.528. The molecule has 1 saturated heterocycles. The van der Waals surface area contributed by atoms with Crippen molar-refractivity contribution in [3.63, 3.8) is 0 Å². The van der Waals surface area contributed by atoms with Crippen LogP contribution < -0.4 is 5.32 Å². The van der Waals surface area contributed by atoms with Crippen LogP contribution in [0, 0.1) is 16.0 Å². The van der Waals surface area contributed by atoms with Gasteiger partial charge in [-0.1, -0.05) is 41.4 Å². The highest BCUT2D eigenvalue weighted by molar-refractivity contribution is 6.31. The molecular weight excluding hydrogens is 453 g/mol. The molecule has 1 amide bonds. The van der Waals surface area contributed by atoms with Crippen LogP contribution in [-0.4, -0.2) is 46.1 Å². The summed E-state index contributed by atoms with van der Waals surface area (Å²) >= 11 is 12.5. The Bertz CT molecular complexity index is 1090. The Hall–Kier alpha value is -2.19. The summed E-state index contributed by atoms with van der Waals surface area (Å²) in [7, 11) is 0. The minimum absolute atomic E-state index is 0.202. The van der Waals surface area contributed by atoms with Crippen LogP contribution >= 0.6 is 23.2 Å². The number of carbonyl (C=O) groups is 1. The van der Waals surface area contributed by atoms with Gasteiger partial charge in [0.05, 0.1) is 12.0 Å². The zero-order valence-electron chi connectivity index (χ0n) is 17.2. The summed E-state index contributed by atoms with van der Waals surface area (Å²) in [6.45, 7) is 0.352. The van der Waals surface area contributed by atoms with Gasteiger partial charge in [-0.15, -0.1) is 0 Å². The van der Waals surface area contributed by atoms with E-state index in [-0.39, 0.29) is 23.9 Å². The lowest BCUT2D eigenvalue weighted by Gasteiger charge is -2.38. The van der Waals surface area contributed by atoms with Crippen LogP contribution in [0.15, 0.2) is 42.5 Å². The molecule has 4 atom stereocenters. The maximum absolute atomic E-state index is 13.9. The van der Waals surface area contributed by atoms with Crippen LogP contribution in [0.5, 0.6) is 0 Å². The molecule has 1 saturated carbocycles. The number of hydrogen-bond acceptors (Lipinski definition) is 5. The monoisotopic (exact) mass is 475 g/mol. The van der Waals surface area contributed by atoms with Crippen molar-refractivity contribution < 1.29 is 14.8 Å². The number of nitrogens with one attached hydrogen (secondary N) is 1. The number of carbonyl (C=O) groups excluding carboxylic acids is 1. The zero-order chi connectivity index (χ0) is 22.6. The van der Waals surface area contributed by atoms with Gasteiger partial charge in [-0.3, -0.25) is 19.8 Å². The molecule has 1 aliphatic carbocycles. The highest BCUT2D eigenvalue weighted by Crippen LogP contribution is 2.59. The third-order valence-corrected chi connectivity index (χ3v) is 7.52. The number of nitrogens with zero attached hydrogens (tertiary/aromatic N) is 2. The van der Waals surface area contributed by atoms with E-state index in [0.717, 1.165) is 12.8 Å². The molecule has 0 aromatic heterocycles. The molecule has 168 valence electrons. The molecule has 2 fully saturated rings. The van der Waals surface area contributed by atoms with Crippen LogP contribution in [0.3, 0.4) is 0 Å². The van der Waals surface area contributed by atoms with Gasteiger partial charge < -0.3 is 10.4 Å². The minimum Gasteiger partial charge on any atom is -0.396 e. The number of amides is 1. The van der Waals surface area contributed by atoms with E-state index in [1.807, 2.05) is 4.90 Å². The average Bonchev–Trinajstić information content (AvgIpc) is 3.45. The predicted molar refractivity (Wildman–Crippen MR) is 122 cm³/mol. The Morgan fingerprint density at radius 3 is 2.59 bits per heavy atom. The predicted octanol–water partition coefficient (Wildman–Crippen LogP) is 4.05. The molecule has 2 aromatic carbocycles. The number of aliphatic hydroxyl groups is 1. The van der Waals surface area contributed by atoms with Crippen molar-refractivity contribution >= 4 is 34.8 Å². The molecule has 0 radical (unpaired) electrons. The van der Waals surface area contributed by atoms with Gasteiger partial charge >= 0.3 is 0 Å². The largest absolute Gasteiger partial charge is 0.396 e. The van der Waals surface area contributed by atoms with E-state index in [0.29, 0.717) is 39.3 Å². The fourth-order valence-electron chi connectivity index (χ4n) is 5.70. The maximum atomic E-state index is 13.9. The quantitative estimate of drug-likeness (QED) is 0.485. The van der Waals surface area contributed by atoms with Gasteiger partial charge in [0, 0.05) is 39.4 Å². The second-order valence-corrected chi connectivity index (χ2v) is 9.77. The summed E-state index contributed by atoms with van der Waals surface area (Å²) in [5.41, 5.74) is 0.607. The highest BCUT2D eigenvalue weighted by Gasteiger charge is 2.70. The summed E-state index contributed by atoms with van der Waals surface area (Å²) in [5, 5.41) is 26.2. The fourth-order valence-corrected chi connectivity index (χ4v) is 6.07. The van der Waals surface area contributed by atoms with Crippen LogP contribution in [0.2, 0.25) is 10.0 Å². The maximum Gasteiger partial charge on any atom is 0.250 e. The number of halogens is 2. The number of anilines is 1. The smallest absolute Gasteiger partial charge is 0.250 e. The number of hydrogen-bond donors (Lipinski definition) is 2. The standard InChI is InChI=1S/C23H23Cl2N3O4/c24-15-3-1-2-14(10-15)20-21(28(31)32)19(8-9-29)27(12-13-4-5-13)23(20)17-7-6-16(25)11-18(17)26-22(23)30/h1-3,6-7,10-11,13,19-21,29H,4-5,8-9,12H2,(H,26,30)/t19-,20-,21+,23+/m0/s1. The van der Waals surface area contributed by atoms with Crippen LogP contribution in [0.4, 0.5) is 5.69 Å². The third kappa shape index (κ3) is 3.22. The van der Waals surface area contributed by atoms with Crippen molar-refractivity contribution in [3.8, 4) is 0 Å². The molecule has 2 heterocycles. The molecule has 1 spiro atoms. The van der Waals surface area contributed by atoms with Crippen molar-refractivity contribution in [2.24, 2.45) is 5.92 Å². The molecule has 3 aliphatic rings. The third-order valence-electron chi connectivity index (χ3n) is 7.05. The summed E-state index contributed by atoms with van der Waals surface area (Å²) in [4.78, 5) is 28.1. The number of fused-ring (bicyclic) bond motifs is 2. The van der Waals surface area contributed by atoms with Crippen molar-refractivity contribution in [2.45, 2.75) is 42.8 Å². The zero-order valence-corrected chi connectivity index (χ0v) is 18.7. The number of likely N-dealkylation sites (tertiary alicyclic amines) is 1. The molecule has 7 nitrogen and oxygen atoms in total. The Kier molecular flexibility index (Phi) is 5.40. The van der Waals surface area contributed by atoms with Crippen LogP contribution in [0.1, 0.15) is 36.3 Å². The lowest BCUT2D eigenvalue weighted by atomic mass is 9.73. The summed E-state index contributed by atoms with van der Waals surface area (Å²) < 4.78 is 0. The van der Waals surface area contributed by atoms with E-state index in [2.05, 4.69) is 5.32 Å². The van der Waals surface area contributed by atoms with Crippen molar-refractivity contribution in [2.75, 3.05) is 18.5 Å². The first kappa shape index (κ1) is 21.6. The van der Waals surface area contributed by atoms with E-state index in [1.54, 1.807) is 42.5 Å². The Labute approximate surface area is 195 Å². The van der Waals surface area contributed by atoms with E-state index < -0.39 is 23.5 Å². The Morgan fingerprint density at radius 2 is 1.94 bits per heavy atom. The molecule has 9 heteroatoms. The summed E-state index contributed by atoms with van der Waals surface area (Å²) in [6, 6.07) is 10.5. The molecule has 0 unspecified atom stereocenters. The minimum atomic E-state index is -1.29. The number of aliphatic hydroxyl groups excluding tert-OH is 1.